The molecule has 1 saturated heterocycles. The number of hydrogen-bond acceptors (Lipinski definition) is 4. The van der Waals surface area contributed by atoms with Gasteiger partial charge in [0.1, 0.15) is 0 Å². The predicted octanol–water partition coefficient (Wildman–Crippen LogP) is 2.65. The standard InChI is InChI=1S/C15H17N3O3/c1-10-8-17-18(13-4-2-3-7-21-13)14(10)12-9-16-6-5-11(12)15(19)20/h5-6,8-9,13H,2-4,7H2,1H3,(H,19,20). The maximum atomic E-state index is 11.4. The van der Waals surface area contributed by atoms with Crippen LogP contribution in [0.3, 0.4) is 0 Å². The Morgan fingerprint density at radius 1 is 1.43 bits per heavy atom. The van der Waals surface area contributed by atoms with Crippen molar-refractivity contribution in [2.24, 2.45) is 0 Å². The van der Waals surface area contributed by atoms with Crippen LogP contribution in [0.15, 0.2) is 24.7 Å². The molecule has 1 atom stereocenters. The number of carboxylic acids is 1. The van der Waals surface area contributed by atoms with Crippen molar-refractivity contribution < 1.29 is 14.6 Å². The molecular weight excluding hydrogens is 270 g/mol. The minimum absolute atomic E-state index is 0.135. The summed E-state index contributed by atoms with van der Waals surface area (Å²) in [5.74, 6) is -0.968. The van der Waals surface area contributed by atoms with E-state index in [0.29, 0.717) is 12.2 Å². The number of carboxylic acid groups (broad SMARTS) is 1. The Balaban J connectivity index is 2.10. The summed E-state index contributed by atoms with van der Waals surface area (Å²) in [6.07, 6.45) is 7.70. The summed E-state index contributed by atoms with van der Waals surface area (Å²) in [7, 11) is 0. The molecule has 0 radical (unpaired) electrons. The fraction of sp³-hybridized carbons (Fsp3) is 0.400. The third-order valence-corrected chi connectivity index (χ3v) is 3.71. The molecule has 2 aromatic rings. The van der Waals surface area contributed by atoms with Crippen molar-refractivity contribution in [2.75, 3.05) is 6.61 Å². The van der Waals surface area contributed by atoms with E-state index in [2.05, 4.69) is 10.1 Å². The molecule has 6 nitrogen and oxygen atoms in total. The molecule has 2 aromatic heterocycles. The highest BCUT2D eigenvalue weighted by Gasteiger charge is 2.24. The lowest BCUT2D eigenvalue weighted by Gasteiger charge is -2.25. The number of aromatic carboxylic acids is 1. The van der Waals surface area contributed by atoms with Gasteiger partial charge in [-0.3, -0.25) is 4.98 Å². The number of ether oxygens (including phenoxy) is 1. The Morgan fingerprint density at radius 3 is 3.00 bits per heavy atom. The fourth-order valence-corrected chi connectivity index (χ4v) is 2.69. The smallest absolute Gasteiger partial charge is 0.336 e. The largest absolute Gasteiger partial charge is 0.478 e. The third-order valence-electron chi connectivity index (χ3n) is 3.71. The zero-order valence-electron chi connectivity index (χ0n) is 11.8. The first-order valence-electron chi connectivity index (χ1n) is 7.02. The monoisotopic (exact) mass is 287 g/mol. The molecule has 3 heterocycles. The van der Waals surface area contributed by atoms with E-state index in [1.54, 1.807) is 17.1 Å². The molecular formula is C15H17N3O3. The minimum atomic E-state index is -0.968. The highest BCUT2D eigenvalue weighted by Crippen LogP contribution is 2.32. The number of hydrogen-bond donors (Lipinski definition) is 1. The average Bonchev–Trinajstić information content (AvgIpc) is 2.89. The summed E-state index contributed by atoms with van der Waals surface area (Å²) >= 11 is 0. The van der Waals surface area contributed by atoms with E-state index in [1.807, 2.05) is 6.92 Å². The maximum Gasteiger partial charge on any atom is 0.336 e. The molecule has 1 aliphatic rings. The molecule has 1 N–H and O–H groups in total. The first kappa shape index (κ1) is 13.8. The summed E-state index contributed by atoms with van der Waals surface area (Å²) in [4.78, 5) is 15.5. The van der Waals surface area contributed by atoms with Gasteiger partial charge >= 0.3 is 5.97 Å². The lowest BCUT2D eigenvalue weighted by molar-refractivity contribution is -0.0384. The van der Waals surface area contributed by atoms with Gasteiger partial charge in [0.05, 0.1) is 17.5 Å². The van der Waals surface area contributed by atoms with Crippen molar-refractivity contribution in [1.82, 2.24) is 14.8 Å². The zero-order valence-corrected chi connectivity index (χ0v) is 11.8. The molecule has 0 bridgehead atoms. The Morgan fingerprint density at radius 2 is 2.29 bits per heavy atom. The lowest BCUT2D eigenvalue weighted by atomic mass is 10.0. The zero-order chi connectivity index (χ0) is 14.8. The van der Waals surface area contributed by atoms with Crippen LogP contribution in [0.25, 0.3) is 11.3 Å². The van der Waals surface area contributed by atoms with Crippen LogP contribution in [0, 0.1) is 6.92 Å². The van der Waals surface area contributed by atoms with E-state index in [4.69, 9.17) is 4.74 Å². The number of carbonyl (C=O) groups is 1. The first-order chi connectivity index (χ1) is 10.2. The molecule has 1 unspecified atom stereocenters. The number of aryl methyl sites for hydroxylation is 1. The summed E-state index contributed by atoms with van der Waals surface area (Å²) in [5, 5.41) is 13.8. The molecule has 110 valence electrons. The van der Waals surface area contributed by atoms with Crippen molar-refractivity contribution >= 4 is 5.97 Å². The van der Waals surface area contributed by atoms with Crippen LogP contribution < -0.4 is 0 Å². The van der Waals surface area contributed by atoms with Gasteiger partial charge in [0.15, 0.2) is 6.23 Å². The maximum absolute atomic E-state index is 11.4. The minimum Gasteiger partial charge on any atom is -0.478 e. The highest BCUT2D eigenvalue weighted by atomic mass is 16.5. The lowest BCUT2D eigenvalue weighted by Crippen LogP contribution is -2.20. The second kappa shape index (κ2) is 5.65. The van der Waals surface area contributed by atoms with Gasteiger partial charge in [0.2, 0.25) is 0 Å². The molecule has 0 amide bonds. The fourth-order valence-electron chi connectivity index (χ4n) is 2.69. The molecule has 0 aliphatic carbocycles. The molecule has 0 aromatic carbocycles. The summed E-state index contributed by atoms with van der Waals surface area (Å²) in [5.41, 5.74) is 2.49. The van der Waals surface area contributed by atoms with Gasteiger partial charge in [0.25, 0.3) is 0 Å². The molecule has 6 heteroatoms. The van der Waals surface area contributed by atoms with Crippen LogP contribution >= 0.6 is 0 Å². The van der Waals surface area contributed by atoms with Crippen LogP contribution in [-0.2, 0) is 4.74 Å². The van der Waals surface area contributed by atoms with E-state index in [0.717, 1.165) is 30.5 Å². The number of aromatic nitrogens is 3. The third kappa shape index (κ3) is 2.54. The van der Waals surface area contributed by atoms with Gasteiger partial charge in [-0.15, -0.1) is 0 Å². The Bertz CT molecular complexity index is 660. The first-order valence-corrected chi connectivity index (χ1v) is 7.02. The predicted molar refractivity (Wildman–Crippen MR) is 76.0 cm³/mol. The van der Waals surface area contributed by atoms with Crippen molar-refractivity contribution in [3.63, 3.8) is 0 Å². The van der Waals surface area contributed by atoms with Crippen molar-refractivity contribution in [1.29, 1.82) is 0 Å². The van der Waals surface area contributed by atoms with Gasteiger partial charge in [0, 0.05) is 24.6 Å². The highest BCUT2D eigenvalue weighted by molar-refractivity contribution is 5.95. The second-order valence-corrected chi connectivity index (χ2v) is 5.17. The average molecular weight is 287 g/mol. The summed E-state index contributed by atoms with van der Waals surface area (Å²) < 4.78 is 7.56. The Hall–Kier alpha value is -2.21. The van der Waals surface area contributed by atoms with Gasteiger partial charge in [-0.05, 0) is 37.8 Å². The topological polar surface area (TPSA) is 77.2 Å². The SMILES string of the molecule is Cc1cnn(C2CCCCO2)c1-c1cnccc1C(=O)O. The second-order valence-electron chi connectivity index (χ2n) is 5.17. The molecule has 0 spiro atoms. The number of rotatable bonds is 3. The van der Waals surface area contributed by atoms with Crippen molar-refractivity contribution in [3.05, 3.63) is 35.8 Å². The molecule has 3 rings (SSSR count). The van der Waals surface area contributed by atoms with E-state index in [9.17, 15) is 9.90 Å². The van der Waals surface area contributed by atoms with Crippen molar-refractivity contribution in [3.8, 4) is 11.3 Å². The normalized spacial score (nSPS) is 18.6. The van der Waals surface area contributed by atoms with Gasteiger partial charge in [-0.25, -0.2) is 9.48 Å². The van der Waals surface area contributed by atoms with E-state index < -0.39 is 5.97 Å². The van der Waals surface area contributed by atoms with Crippen LogP contribution in [-0.4, -0.2) is 32.4 Å². The molecule has 1 fully saturated rings. The van der Waals surface area contributed by atoms with Crippen LogP contribution in [0.5, 0.6) is 0 Å². The van der Waals surface area contributed by atoms with Gasteiger partial charge < -0.3 is 9.84 Å². The van der Waals surface area contributed by atoms with Gasteiger partial charge in [-0.2, -0.15) is 5.10 Å². The summed E-state index contributed by atoms with van der Waals surface area (Å²) in [6.45, 7) is 2.63. The molecule has 1 aliphatic heterocycles. The van der Waals surface area contributed by atoms with Crippen LogP contribution in [0.1, 0.15) is 41.4 Å². The van der Waals surface area contributed by atoms with E-state index in [1.165, 1.54) is 12.3 Å². The number of pyridine rings is 1. The van der Waals surface area contributed by atoms with Crippen molar-refractivity contribution in [2.45, 2.75) is 32.4 Å². The molecule has 21 heavy (non-hydrogen) atoms. The van der Waals surface area contributed by atoms with Crippen LogP contribution in [0.4, 0.5) is 0 Å². The Labute approximate surface area is 122 Å². The van der Waals surface area contributed by atoms with E-state index in [-0.39, 0.29) is 11.8 Å². The molecule has 0 saturated carbocycles. The summed E-state index contributed by atoms with van der Waals surface area (Å²) in [6, 6.07) is 1.51. The Kier molecular flexibility index (Phi) is 3.70. The van der Waals surface area contributed by atoms with Crippen LogP contribution in [0.2, 0.25) is 0 Å². The van der Waals surface area contributed by atoms with E-state index >= 15 is 0 Å². The van der Waals surface area contributed by atoms with Gasteiger partial charge in [-0.1, -0.05) is 0 Å². The number of nitrogens with zero attached hydrogens (tertiary/aromatic N) is 3. The quantitative estimate of drug-likeness (QED) is 0.939.